The maximum atomic E-state index is 11.6. The first-order valence-corrected chi connectivity index (χ1v) is 7.19. The first-order valence-electron chi connectivity index (χ1n) is 7.19. The van der Waals surface area contributed by atoms with Crippen molar-refractivity contribution in [2.24, 2.45) is 0 Å². The standard InChI is InChI=1S/C14H23NO6/c1-2-3-4-5-6-7-8-15-13(19)11(18)12-9(16)10(17)14(20)21-12/h7-12,16-18H,2-6H2,1H3,(H,15,19)/t9-,10+,11?,12+/m1/s1. The zero-order valence-corrected chi connectivity index (χ0v) is 12.1. The molecule has 0 saturated carbocycles. The minimum atomic E-state index is -1.73. The number of aliphatic hydroxyl groups excluding tert-OH is 3. The number of esters is 1. The van der Waals surface area contributed by atoms with Crippen molar-refractivity contribution >= 4 is 11.9 Å². The number of carbonyl (C=O) groups excluding carboxylic acids is 2. The Morgan fingerprint density at radius 2 is 2.10 bits per heavy atom. The molecule has 1 fully saturated rings. The number of nitrogens with one attached hydrogen (secondary N) is 1. The smallest absolute Gasteiger partial charge is 0.338 e. The van der Waals surface area contributed by atoms with Gasteiger partial charge in [-0.1, -0.05) is 32.3 Å². The highest BCUT2D eigenvalue weighted by Crippen LogP contribution is 2.19. The molecule has 0 bridgehead atoms. The van der Waals surface area contributed by atoms with E-state index in [1.165, 1.54) is 12.6 Å². The molecule has 7 nitrogen and oxygen atoms in total. The average molecular weight is 301 g/mol. The number of ether oxygens (including phenoxy) is 1. The van der Waals surface area contributed by atoms with Crippen LogP contribution >= 0.6 is 0 Å². The Labute approximate surface area is 123 Å². The van der Waals surface area contributed by atoms with Gasteiger partial charge in [-0.05, 0) is 19.0 Å². The summed E-state index contributed by atoms with van der Waals surface area (Å²) in [5.41, 5.74) is 0. The van der Waals surface area contributed by atoms with E-state index in [9.17, 15) is 24.9 Å². The number of allylic oxidation sites excluding steroid dienone is 1. The van der Waals surface area contributed by atoms with Crippen LogP contribution in [0.15, 0.2) is 12.3 Å². The van der Waals surface area contributed by atoms with Crippen LogP contribution in [0, 0.1) is 0 Å². The number of cyclic esters (lactones) is 1. The van der Waals surface area contributed by atoms with Gasteiger partial charge < -0.3 is 25.4 Å². The number of hydrogen-bond acceptors (Lipinski definition) is 6. The number of rotatable bonds is 8. The zero-order valence-electron chi connectivity index (χ0n) is 12.1. The van der Waals surface area contributed by atoms with Gasteiger partial charge in [0.2, 0.25) is 0 Å². The predicted molar refractivity (Wildman–Crippen MR) is 73.9 cm³/mol. The van der Waals surface area contributed by atoms with Gasteiger partial charge in [0.15, 0.2) is 18.3 Å². The van der Waals surface area contributed by atoms with Gasteiger partial charge in [-0.25, -0.2) is 4.79 Å². The Morgan fingerprint density at radius 1 is 1.38 bits per heavy atom. The van der Waals surface area contributed by atoms with E-state index in [0.717, 1.165) is 25.7 Å². The summed E-state index contributed by atoms with van der Waals surface area (Å²) >= 11 is 0. The Bertz CT molecular complexity index is 384. The molecular formula is C14H23NO6. The lowest BCUT2D eigenvalue weighted by molar-refractivity contribution is -0.153. The van der Waals surface area contributed by atoms with Crippen molar-refractivity contribution < 1.29 is 29.6 Å². The van der Waals surface area contributed by atoms with Crippen LogP contribution in [0.5, 0.6) is 0 Å². The Balaban J connectivity index is 2.32. The second-order valence-electron chi connectivity index (χ2n) is 5.04. The van der Waals surface area contributed by atoms with Crippen LogP contribution < -0.4 is 5.32 Å². The second-order valence-corrected chi connectivity index (χ2v) is 5.04. The molecule has 0 radical (unpaired) electrons. The van der Waals surface area contributed by atoms with E-state index in [1.807, 2.05) is 0 Å². The van der Waals surface area contributed by atoms with E-state index in [2.05, 4.69) is 17.0 Å². The molecule has 1 aliphatic heterocycles. The topological polar surface area (TPSA) is 116 Å². The first-order chi connectivity index (χ1) is 9.99. The van der Waals surface area contributed by atoms with Gasteiger partial charge in [0.25, 0.3) is 5.91 Å². The lowest BCUT2D eigenvalue weighted by atomic mass is 10.1. The highest BCUT2D eigenvalue weighted by Gasteiger charge is 2.48. The lowest BCUT2D eigenvalue weighted by Gasteiger charge is -2.18. The van der Waals surface area contributed by atoms with E-state index in [1.54, 1.807) is 6.08 Å². The van der Waals surface area contributed by atoms with E-state index >= 15 is 0 Å². The van der Waals surface area contributed by atoms with E-state index in [0.29, 0.717) is 0 Å². The molecule has 0 aromatic carbocycles. The van der Waals surface area contributed by atoms with Crippen molar-refractivity contribution in [1.82, 2.24) is 5.32 Å². The zero-order chi connectivity index (χ0) is 15.8. The quantitative estimate of drug-likeness (QED) is 0.358. The molecular weight excluding hydrogens is 278 g/mol. The maximum Gasteiger partial charge on any atom is 0.338 e. The van der Waals surface area contributed by atoms with Crippen molar-refractivity contribution in [2.75, 3.05) is 0 Å². The SMILES string of the molecule is CCCCCCC=CNC(=O)C(O)[C@H]1OC(=O)[C@@H](O)[C@H]1O. The fourth-order valence-electron chi connectivity index (χ4n) is 1.99. The van der Waals surface area contributed by atoms with Gasteiger partial charge >= 0.3 is 5.97 Å². The minimum Gasteiger partial charge on any atom is -0.454 e. The van der Waals surface area contributed by atoms with E-state index in [-0.39, 0.29) is 0 Å². The molecule has 1 aliphatic rings. The van der Waals surface area contributed by atoms with Crippen LogP contribution in [0.1, 0.15) is 39.0 Å². The van der Waals surface area contributed by atoms with Crippen molar-refractivity contribution in [3.05, 3.63) is 12.3 Å². The summed E-state index contributed by atoms with van der Waals surface area (Å²) in [6, 6.07) is 0. The molecule has 0 aromatic heterocycles. The molecule has 1 rings (SSSR count). The summed E-state index contributed by atoms with van der Waals surface area (Å²) in [6.07, 6.45) is 1.94. The normalized spacial score (nSPS) is 26.9. The van der Waals surface area contributed by atoms with Crippen LogP contribution in [0.3, 0.4) is 0 Å². The molecule has 21 heavy (non-hydrogen) atoms. The number of amides is 1. The average Bonchev–Trinajstić information content (AvgIpc) is 2.73. The van der Waals surface area contributed by atoms with E-state index in [4.69, 9.17) is 0 Å². The third kappa shape index (κ3) is 5.11. The third-order valence-electron chi connectivity index (χ3n) is 3.30. The van der Waals surface area contributed by atoms with E-state index < -0.39 is 36.3 Å². The molecule has 4 atom stereocenters. The third-order valence-corrected chi connectivity index (χ3v) is 3.30. The molecule has 1 amide bonds. The summed E-state index contributed by atoms with van der Waals surface area (Å²) in [7, 11) is 0. The fraction of sp³-hybridized carbons (Fsp3) is 0.714. The maximum absolute atomic E-state index is 11.6. The van der Waals surface area contributed by atoms with Gasteiger partial charge in [0.05, 0.1) is 0 Å². The number of carbonyl (C=O) groups is 2. The van der Waals surface area contributed by atoms with Crippen LogP contribution in [0.4, 0.5) is 0 Å². The summed E-state index contributed by atoms with van der Waals surface area (Å²) in [5.74, 6) is -1.85. The summed E-state index contributed by atoms with van der Waals surface area (Å²) in [6.45, 7) is 2.12. The van der Waals surface area contributed by atoms with Gasteiger partial charge in [0.1, 0.15) is 6.10 Å². The number of aliphatic hydroxyl groups is 3. The highest BCUT2D eigenvalue weighted by molar-refractivity contribution is 5.84. The van der Waals surface area contributed by atoms with Gasteiger partial charge in [-0.3, -0.25) is 4.79 Å². The summed E-state index contributed by atoms with van der Waals surface area (Å²) in [5, 5.41) is 30.7. The van der Waals surface area contributed by atoms with Crippen LogP contribution in [-0.4, -0.2) is 51.6 Å². The highest BCUT2D eigenvalue weighted by atomic mass is 16.6. The van der Waals surface area contributed by atoms with Crippen LogP contribution in [-0.2, 0) is 14.3 Å². The van der Waals surface area contributed by atoms with Crippen LogP contribution in [0.2, 0.25) is 0 Å². The van der Waals surface area contributed by atoms with Gasteiger partial charge in [-0.15, -0.1) is 0 Å². The monoisotopic (exact) mass is 301 g/mol. The molecule has 4 N–H and O–H groups in total. The largest absolute Gasteiger partial charge is 0.454 e. The summed E-state index contributed by atoms with van der Waals surface area (Å²) < 4.78 is 4.57. The van der Waals surface area contributed by atoms with Gasteiger partial charge in [0, 0.05) is 0 Å². The molecule has 0 spiro atoms. The van der Waals surface area contributed by atoms with Crippen LogP contribution in [0.25, 0.3) is 0 Å². The number of hydrogen-bond donors (Lipinski definition) is 4. The van der Waals surface area contributed by atoms with Crippen molar-refractivity contribution in [1.29, 1.82) is 0 Å². The predicted octanol–water partition coefficient (Wildman–Crippen LogP) is -0.405. The molecule has 120 valence electrons. The lowest BCUT2D eigenvalue weighted by Crippen LogP contribution is -2.46. The fourth-order valence-corrected chi connectivity index (χ4v) is 1.99. The van der Waals surface area contributed by atoms with Gasteiger partial charge in [-0.2, -0.15) is 0 Å². The number of unbranched alkanes of at least 4 members (excludes halogenated alkanes) is 4. The molecule has 1 saturated heterocycles. The van der Waals surface area contributed by atoms with Crippen molar-refractivity contribution in [2.45, 2.75) is 63.4 Å². The Hall–Kier alpha value is -1.44. The van der Waals surface area contributed by atoms with Crippen molar-refractivity contribution in [3.8, 4) is 0 Å². The summed E-state index contributed by atoms with van der Waals surface area (Å²) in [4.78, 5) is 22.6. The second kappa shape index (κ2) is 8.76. The molecule has 1 heterocycles. The Kier molecular flexibility index (Phi) is 7.35. The molecule has 7 heteroatoms. The molecule has 0 aliphatic carbocycles. The first kappa shape index (κ1) is 17.6. The molecule has 1 unspecified atom stereocenters. The Morgan fingerprint density at radius 3 is 2.67 bits per heavy atom. The minimum absolute atomic E-state index is 0.800. The van der Waals surface area contributed by atoms with Crippen molar-refractivity contribution in [3.63, 3.8) is 0 Å². The molecule has 0 aromatic rings.